The summed E-state index contributed by atoms with van der Waals surface area (Å²) < 4.78 is 18.0. The molecule has 26 heavy (non-hydrogen) atoms. The van der Waals surface area contributed by atoms with Crippen molar-refractivity contribution in [2.24, 2.45) is 0 Å². The smallest absolute Gasteiger partial charge is 0.357 e. The van der Waals surface area contributed by atoms with Gasteiger partial charge < -0.3 is 9.64 Å². The van der Waals surface area contributed by atoms with E-state index >= 15 is 0 Å². The molecule has 0 aliphatic carbocycles. The molecule has 3 rings (SSSR count). The summed E-state index contributed by atoms with van der Waals surface area (Å²) in [6.07, 6.45) is 0. The first-order chi connectivity index (χ1) is 12.5. The number of pyridine rings is 1. The number of carbonyl (C=O) groups is 2. The van der Waals surface area contributed by atoms with E-state index in [0.717, 1.165) is 10.9 Å². The lowest BCUT2D eigenvalue weighted by Crippen LogP contribution is -2.30. The second kappa shape index (κ2) is 7.74. The van der Waals surface area contributed by atoms with Gasteiger partial charge in [0.25, 0.3) is 5.91 Å². The average Bonchev–Trinajstić information content (AvgIpc) is 2.67. The highest BCUT2D eigenvalue weighted by atomic mass is 19.1. The zero-order valence-corrected chi connectivity index (χ0v) is 14.2. The van der Waals surface area contributed by atoms with Crippen LogP contribution < -0.4 is 0 Å². The molecule has 0 radical (unpaired) electrons. The third kappa shape index (κ3) is 4.22. The molecule has 6 heteroatoms. The first-order valence-electron chi connectivity index (χ1n) is 8.04. The maximum absolute atomic E-state index is 12.9. The highest BCUT2D eigenvalue weighted by Gasteiger charge is 2.15. The lowest BCUT2D eigenvalue weighted by atomic mass is 10.2. The molecule has 3 aromatic rings. The number of esters is 1. The second-order valence-corrected chi connectivity index (χ2v) is 5.84. The molecule has 132 valence electrons. The van der Waals surface area contributed by atoms with Crippen molar-refractivity contribution in [2.45, 2.75) is 6.54 Å². The number of hydrogen-bond donors (Lipinski definition) is 0. The van der Waals surface area contributed by atoms with Crippen molar-refractivity contribution < 1.29 is 18.7 Å². The Morgan fingerprint density at radius 3 is 2.54 bits per heavy atom. The number of nitrogens with zero attached hydrogens (tertiary/aromatic N) is 2. The molecule has 0 N–H and O–H groups in total. The Hall–Kier alpha value is -3.28. The quantitative estimate of drug-likeness (QED) is 0.662. The number of ether oxygens (including phenoxy) is 1. The monoisotopic (exact) mass is 352 g/mol. The number of fused-ring (bicyclic) bond motifs is 1. The van der Waals surface area contributed by atoms with Gasteiger partial charge in [-0.25, -0.2) is 14.2 Å². The number of halogens is 1. The molecule has 0 spiro atoms. The van der Waals surface area contributed by atoms with Gasteiger partial charge in [0.1, 0.15) is 11.5 Å². The molecule has 2 aromatic carbocycles. The van der Waals surface area contributed by atoms with Crippen LogP contribution in [0.1, 0.15) is 16.1 Å². The van der Waals surface area contributed by atoms with Gasteiger partial charge in [0.2, 0.25) is 0 Å². The van der Waals surface area contributed by atoms with Crippen LogP contribution in [0.4, 0.5) is 4.39 Å². The summed E-state index contributed by atoms with van der Waals surface area (Å²) in [6.45, 7) is -0.0874. The van der Waals surface area contributed by atoms with Crippen LogP contribution in [0.2, 0.25) is 0 Å². The summed E-state index contributed by atoms with van der Waals surface area (Å²) >= 11 is 0. The Balaban J connectivity index is 1.57. The Labute approximate surface area is 150 Å². The van der Waals surface area contributed by atoms with Crippen molar-refractivity contribution >= 4 is 22.8 Å². The fourth-order valence-electron chi connectivity index (χ4n) is 2.44. The van der Waals surface area contributed by atoms with E-state index in [1.807, 2.05) is 18.2 Å². The lowest BCUT2D eigenvalue weighted by Gasteiger charge is -2.17. The van der Waals surface area contributed by atoms with E-state index in [9.17, 15) is 14.0 Å². The first-order valence-corrected chi connectivity index (χ1v) is 8.04. The molecular formula is C20H17FN2O3. The number of rotatable bonds is 5. The molecule has 0 saturated heterocycles. The van der Waals surface area contributed by atoms with Gasteiger partial charge in [-0.15, -0.1) is 0 Å². The van der Waals surface area contributed by atoms with Crippen molar-refractivity contribution in [3.63, 3.8) is 0 Å². The molecule has 0 bridgehead atoms. The van der Waals surface area contributed by atoms with Gasteiger partial charge in [0, 0.05) is 19.0 Å². The van der Waals surface area contributed by atoms with Crippen LogP contribution in [0.3, 0.4) is 0 Å². The Bertz CT molecular complexity index is 941. The summed E-state index contributed by atoms with van der Waals surface area (Å²) in [4.78, 5) is 29.9. The molecule has 0 unspecified atom stereocenters. The minimum Gasteiger partial charge on any atom is -0.451 e. The molecule has 1 amide bonds. The zero-order valence-electron chi connectivity index (χ0n) is 14.2. The second-order valence-electron chi connectivity index (χ2n) is 5.84. The summed E-state index contributed by atoms with van der Waals surface area (Å²) in [7, 11) is 1.59. The van der Waals surface area contributed by atoms with Gasteiger partial charge in [-0.3, -0.25) is 4.79 Å². The fourth-order valence-corrected chi connectivity index (χ4v) is 2.44. The maximum Gasteiger partial charge on any atom is 0.357 e. The van der Waals surface area contributed by atoms with Crippen LogP contribution in [-0.4, -0.2) is 35.4 Å². The highest BCUT2D eigenvalue weighted by Crippen LogP contribution is 2.12. The van der Waals surface area contributed by atoms with Gasteiger partial charge in [-0.05, 0) is 29.8 Å². The van der Waals surface area contributed by atoms with Crippen LogP contribution in [0, 0.1) is 5.82 Å². The number of para-hydroxylation sites is 1. The van der Waals surface area contributed by atoms with E-state index in [1.54, 1.807) is 37.4 Å². The summed E-state index contributed by atoms with van der Waals surface area (Å²) in [6, 6.07) is 16.6. The molecule has 0 atom stereocenters. The highest BCUT2D eigenvalue weighted by molar-refractivity contribution is 5.92. The Morgan fingerprint density at radius 1 is 1.04 bits per heavy atom. The van der Waals surface area contributed by atoms with E-state index in [1.165, 1.54) is 17.0 Å². The minimum atomic E-state index is -0.653. The van der Waals surface area contributed by atoms with E-state index in [-0.39, 0.29) is 24.0 Å². The predicted octanol–water partition coefficient (Wildman–Crippen LogP) is 3.19. The van der Waals surface area contributed by atoms with Gasteiger partial charge in [-0.2, -0.15) is 0 Å². The van der Waals surface area contributed by atoms with E-state index in [4.69, 9.17) is 4.74 Å². The summed E-state index contributed by atoms with van der Waals surface area (Å²) in [5.74, 6) is -1.35. The topological polar surface area (TPSA) is 59.5 Å². The SMILES string of the molecule is CN(Cc1ccc(F)cc1)C(=O)COC(=O)c1ccc2ccccc2n1. The molecular weight excluding hydrogens is 335 g/mol. The lowest BCUT2D eigenvalue weighted by molar-refractivity contribution is -0.133. The zero-order chi connectivity index (χ0) is 18.5. The van der Waals surface area contributed by atoms with Crippen LogP contribution in [0.5, 0.6) is 0 Å². The van der Waals surface area contributed by atoms with Gasteiger partial charge in [0.05, 0.1) is 5.52 Å². The number of benzene rings is 2. The van der Waals surface area contributed by atoms with Crippen LogP contribution >= 0.6 is 0 Å². The maximum atomic E-state index is 12.9. The number of hydrogen-bond acceptors (Lipinski definition) is 4. The number of aromatic nitrogens is 1. The van der Waals surface area contributed by atoms with E-state index in [0.29, 0.717) is 12.1 Å². The summed E-state index contributed by atoms with van der Waals surface area (Å²) in [5, 5.41) is 0.916. The van der Waals surface area contributed by atoms with Crippen molar-refractivity contribution in [3.05, 3.63) is 77.7 Å². The van der Waals surface area contributed by atoms with Crippen LogP contribution in [0.15, 0.2) is 60.7 Å². The normalized spacial score (nSPS) is 10.5. The standard InChI is InChI=1S/C20H17FN2O3/c1-23(12-14-6-9-16(21)10-7-14)19(24)13-26-20(25)18-11-8-15-4-2-3-5-17(15)22-18/h2-11H,12-13H2,1H3. The third-order valence-electron chi connectivity index (χ3n) is 3.89. The molecule has 0 aliphatic heterocycles. The predicted molar refractivity (Wildman–Crippen MR) is 94.9 cm³/mol. The van der Waals surface area contributed by atoms with Crippen LogP contribution in [-0.2, 0) is 16.1 Å². The summed E-state index contributed by atoms with van der Waals surface area (Å²) in [5.41, 5.74) is 1.61. The largest absolute Gasteiger partial charge is 0.451 e. The number of likely N-dealkylation sites (N-methyl/N-ethyl adjacent to an activating group) is 1. The Morgan fingerprint density at radius 2 is 1.77 bits per heavy atom. The van der Waals surface area contributed by atoms with Crippen molar-refractivity contribution in [1.29, 1.82) is 0 Å². The Kier molecular flexibility index (Phi) is 5.22. The molecule has 0 fully saturated rings. The molecule has 5 nitrogen and oxygen atoms in total. The molecule has 1 heterocycles. The first kappa shape index (κ1) is 17.5. The molecule has 0 saturated carbocycles. The van der Waals surface area contributed by atoms with Crippen molar-refractivity contribution in [1.82, 2.24) is 9.88 Å². The van der Waals surface area contributed by atoms with Crippen molar-refractivity contribution in [2.75, 3.05) is 13.7 Å². The van der Waals surface area contributed by atoms with Gasteiger partial charge in [0.15, 0.2) is 6.61 Å². The van der Waals surface area contributed by atoms with E-state index < -0.39 is 5.97 Å². The minimum absolute atomic E-state index is 0.151. The van der Waals surface area contributed by atoms with E-state index in [2.05, 4.69) is 4.98 Å². The number of amides is 1. The number of carbonyl (C=O) groups excluding carboxylic acids is 2. The third-order valence-corrected chi connectivity index (χ3v) is 3.89. The average molecular weight is 352 g/mol. The van der Waals surface area contributed by atoms with Gasteiger partial charge >= 0.3 is 5.97 Å². The fraction of sp³-hybridized carbons (Fsp3) is 0.150. The molecule has 1 aromatic heterocycles. The van der Waals surface area contributed by atoms with Gasteiger partial charge in [-0.1, -0.05) is 36.4 Å². The molecule has 0 aliphatic rings. The van der Waals surface area contributed by atoms with Crippen molar-refractivity contribution in [3.8, 4) is 0 Å². The van der Waals surface area contributed by atoms with Crippen LogP contribution in [0.25, 0.3) is 10.9 Å².